The van der Waals surface area contributed by atoms with Crippen molar-refractivity contribution in [2.75, 3.05) is 0 Å². The van der Waals surface area contributed by atoms with Crippen LogP contribution >= 0.6 is 0 Å². The largest absolute Gasteiger partial charge is 0.508 e. The fourth-order valence-electron chi connectivity index (χ4n) is 3.20. The van der Waals surface area contributed by atoms with E-state index in [1.807, 2.05) is 39.8 Å². The van der Waals surface area contributed by atoms with E-state index in [4.69, 9.17) is 4.42 Å². The first kappa shape index (κ1) is 21.2. The topological polar surface area (TPSA) is 90.9 Å². The molecule has 0 spiro atoms. The molecule has 0 saturated heterocycles. The van der Waals surface area contributed by atoms with Crippen molar-refractivity contribution in [2.45, 2.75) is 40.5 Å². The molecule has 1 heterocycles. The van der Waals surface area contributed by atoms with E-state index in [9.17, 15) is 20.1 Å². The summed E-state index contributed by atoms with van der Waals surface area (Å²) in [7, 11) is 0. The van der Waals surface area contributed by atoms with Gasteiger partial charge in [-0.1, -0.05) is 23.3 Å². The van der Waals surface area contributed by atoms with Crippen LogP contribution in [-0.2, 0) is 12.8 Å². The zero-order valence-electron chi connectivity index (χ0n) is 17.6. The second-order valence-electron chi connectivity index (χ2n) is 7.86. The molecule has 0 unspecified atom stereocenters. The molecule has 5 nitrogen and oxygen atoms in total. The molecule has 30 heavy (non-hydrogen) atoms. The molecular formula is C25H26O5. The zero-order chi connectivity index (χ0) is 22.0. The second-order valence-corrected chi connectivity index (χ2v) is 7.86. The van der Waals surface area contributed by atoms with E-state index in [0.717, 1.165) is 11.1 Å². The van der Waals surface area contributed by atoms with Gasteiger partial charge in [-0.25, -0.2) is 0 Å². The van der Waals surface area contributed by atoms with Gasteiger partial charge >= 0.3 is 0 Å². The molecule has 0 fully saturated rings. The van der Waals surface area contributed by atoms with Crippen molar-refractivity contribution >= 4 is 11.0 Å². The number of phenolic OH excluding ortho intramolecular Hbond substituents is 2. The van der Waals surface area contributed by atoms with E-state index in [1.165, 1.54) is 18.2 Å². The second kappa shape index (κ2) is 8.49. The maximum atomic E-state index is 12.8. The van der Waals surface area contributed by atoms with Crippen LogP contribution in [0.4, 0.5) is 0 Å². The normalized spacial score (nSPS) is 10.8. The van der Waals surface area contributed by atoms with E-state index in [0.29, 0.717) is 29.5 Å². The highest BCUT2D eigenvalue weighted by Crippen LogP contribution is 2.36. The third kappa shape index (κ3) is 4.25. The van der Waals surface area contributed by atoms with Crippen LogP contribution in [0.5, 0.6) is 17.2 Å². The van der Waals surface area contributed by atoms with Gasteiger partial charge in [-0.05, 0) is 76.4 Å². The van der Waals surface area contributed by atoms with E-state index in [2.05, 4.69) is 0 Å². The van der Waals surface area contributed by atoms with Gasteiger partial charge < -0.3 is 19.7 Å². The minimum Gasteiger partial charge on any atom is -0.508 e. The molecule has 0 amide bonds. The monoisotopic (exact) mass is 406 g/mol. The fourth-order valence-corrected chi connectivity index (χ4v) is 3.20. The molecule has 2 aromatic carbocycles. The van der Waals surface area contributed by atoms with Gasteiger partial charge in [0.2, 0.25) is 11.2 Å². The van der Waals surface area contributed by atoms with Gasteiger partial charge in [-0.3, -0.25) is 4.79 Å². The standard InChI is InChI=1S/C25H26O5/c1-14(2)5-7-16-13-17(8-11-20(16)26)24-23(29)22(28)19-10-12-21(27)18(25(19)30-24)9-6-15(3)4/h5-6,8,10-13,26-27,29H,7,9H2,1-4H3. The van der Waals surface area contributed by atoms with Gasteiger partial charge in [0.15, 0.2) is 5.76 Å². The summed E-state index contributed by atoms with van der Waals surface area (Å²) in [4.78, 5) is 12.8. The number of aromatic hydroxyl groups is 3. The maximum Gasteiger partial charge on any atom is 0.235 e. The molecule has 0 aliphatic carbocycles. The highest BCUT2D eigenvalue weighted by atomic mass is 16.4. The van der Waals surface area contributed by atoms with Crippen LogP contribution in [0.2, 0.25) is 0 Å². The summed E-state index contributed by atoms with van der Waals surface area (Å²) >= 11 is 0. The van der Waals surface area contributed by atoms with Crippen molar-refractivity contribution in [3.63, 3.8) is 0 Å². The van der Waals surface area contributed by atoms with Crippen molar-refractivity contribution in [3.8, 4) is 28.6 Å². The molecule has 0 saturated carbocycles. The van der Waals surface area contributed by atoms with Gasteiger partial charge in [0.1, 0.15) is 17.1 Å². The number of rotatable bonds is 5. The Bertz CT molecular complexity index is 1220. The Labute approximate surface area is 175 Å². The van der Waals surface area contributed by atoms with Crippen LogP contribution in [0.25, 0.3) is 22.3 Å². The smallest absolute Gasteiger partial charge is 0.235 e. The molecule has 0 bridgehead atoms. The van der Waals surface area contributed by atoms with E-state index in [-0.39, 0.29) is 28.2 Å². The molecule has 0 aliphatic rings. The molecule has 0 atom stereocenters. The number of phenols is 2. The Kier molecular flexibility index (Phi) is 6.01. The summed E-state index contributed by atoms with van der Waals surface area (Å²) < 4.78 is 5.99. The first-order valence-electron chi connectivity index (χ1n) is 9.78. The Morgan fingerprint density at radius 1 is 0.900 bits per heavy atom. The third-order valence-electron chi connectivity index (χ3n) is 4.90. The molecule has 3 N–H and O–H groups in total. The van der Waals surface area contributed by atoms with E-state index >= 15 is 0 Å². The third-order valence-corrected chi connectivity index (χ3v) is 4.90. The first-order valence-corrected chi connectivity index (χ1v) is 9.78. The van der Waals surface area contributed by atoms with Crippen LogP contribution in [0.15, 0.2) is 62.8 Å². The van der Waals surface area contributed by atoms with Gasteiger partial charge in [0, 0.05) is 11.1 Å². The lowest BCUT2D eigenvalue weighted by Gasteiger charge is -2.11. The average molecular weight is 406 g/mol. The Morgan fingerprint density at radius 2 is 1.53 bits per heavy atom. The lowest BCUT2D eigenvalue weighted by molar-refractivity contribution is 0.445. The summed E-state index contributed by atoms with van der Waals surface area (Å²) in [5, 5.41) is 31.3. The van der Waals surface area contributed by atoms with E-state index in [1.54, 1.807) is 12.1 Å². The lowest BCUT2D eigenvalue weighted by atomic mass is 10.0. The maximum absolute atomic E-state index is 12.8. The number of hydrogen-bond acceptors (Lipinski definition) is 5. The van der Waals surface area contributed by atoms with Crippen molar-refractivity contribution in [2.24, 2.45) is 0 Å². The minimum absolute atomic E-state index is 0.00926. The summed E-state index contributed by atoms with van der Waals surface area (Å²) in [5.74, 6) is -0.342. The molecule has 0 aliphatic heterocycles. The summed E-state index contributed by atoms with van der Waals surface area (Å²) in [6.07, 6.45) is 4.80. The number of benzene rings is 2. The Hall–Kier alpha value is -3.47. The summed E-state index contributed by atoms with van der Waals surface area (Å²) in [5.41, 5.74) is 3.45. The van der Waals surface area contributed by atoms with Gasteiger partial charge in [0.05, 0.1) is 5.39 Å². The van der Waals surface area contributed by atoms with Gasteiger partial charge in [0.25, 0.3) is 0 Å². The predicted octanol–water partition coefficient (Wildman–Crippen LogP) is 5.59. The highest BCUT2D eigenvalue weighted by Gasteiger charge is 2.19. The molecule has 3 aromatic rings. The number of allylic oxidation sites excluding steroid dienone is 4. The molecule has 156 valence electrons. The molecule has 1 aromatic heterocycles. The minimum atomic E-state index is -0.566. The first-order chi connectivity index (χ1) is 14.2. The number of fused-ring (bicyclic) bond motifs is 1. The summed E-state index contributed by atoms with van der Waals surface area (Å²) in [6.45, 7) is 7.82. The highest BCUT2D eigenvalue weighted by molar-refractivity contribution is 5.86. The van der Waals surface area contributed by atoms with Crippen LogP contribution in [0.3, 0.4) is 0 Å². The molecule has 5 heteroatoms. The fraction of sp³-hybridized carbons (Fsp3) is 0.240. The van der Waals surface area contributed by atoms with Gasteiger partial charge in [-0.2, -0.15) is 0 Å². The van der Waals surface area contributed by atoms with Crippen LogP contribution in [0, 0.1) is 0 Å². The summed E-state index contributed by atoms with van der Waals surface area (Å²) in [6, 6.07) is 7.67. The van der Waals surface area contributed by atoms with Gasteiger partial charge in [-0.15, -0.1) is 0 Å². The Morgan fingerprint density at radius 3 is 2.20 bits per heavy atom. The average Bonchev–Trinajstić information content (AvgIpc) is 2.69. The van der Waals surface area contributed by atoms with Crippen LogP contribution in [-0.4, -0.2) is 15.3 Å². The van der Waals surface area contributed by atoms with Crippen molar-refractivity contribution < 1.29 is 19.7 Å². The Balaban J connectivity index is 2.24. The van der Waals surface area contributed by atoms with Crippen molar-refractivity contribution in [1.29, 1.82) is 0 Å². The van der Waals surface area contributed by atoms with E-state index < -0.39 is 11.2 Å². The quantitative estimate of drug-likeness (QED) is 0.480. The zero-order valence-corrected chi connectivity index (χ0v) is 17.6. The number of hydrogen-bond donors (Lipinski definition) is 3. The van der Waals surface area contributed by atoms with Crippen molar-refractivity contribution in [3.05, 3.63) is 75.0 Å². The van der Waals surface area contributed by atoms with Crippen LogP contribution in [0.1, 0.15) is 38.8 Å². The predicted molar refractivity (Wildman–Crippen MR) is 119 cm³/mol. The SMILES string of the molecule is CC(C)=CCc1cc(-c2oc3c(CC=C(C)C)c(O)ccc3c(=O)c2O)ccc1O. The molecule has 0 radical (unpaired) electrons. The van der Waals surface area contributed by atoms with Crippen LogP contribution < -0.4 is 5.43 Å². The molecular weight excluding hydrogens is 380 g/mol. The molecule has 3 rings (SSSR count). The lowest BCUT2D eigenvalue weighted by Crippen LogP contribution is -2.04. The van der Waals surface area contributed by atoms with Crippen molar-refractivity contribution in [1.82, 2.24) is 0 Å².